The summed E-state index contributed by atoms with van der Waals surface area (Å²) in [6, 6.07) is 11.1. The van der Waals surface area contributed by atoms with E-state index in [1.54, 1.807) is 18.4 Å². The van der Waals surface area contributed by atoms with Gasteiger partial charge in [-0.2, -0.15) is 11.3 Å². The molecule has 0 spiro atoms. The van der Waals surface area contributed by atoms with Crippen molar-refractivity contribution in [2.24, 2.45) is 0 Å². The molecule has 0 aliphatic rings. The van der Waals surface area contributed by atoms with E-state index in [1.807, 2.05) is 35.7 Å². The molecule has 4 heteroatoms. The highest BCUT2D eigenvalue weighted by molar-refractivity contribution is 7.08. The quantitative estimate of drug-likeness (QED) is 0.887. The molecule has 0 bridgehead atoms. The Balaban J connectivity index is 1.99. The van der Waals surface area contributed by atoms with Crippen molar-refractivity contribution in [2.45, 2.75) is 12.5 Å². The third-order valence-corrected chi connectivity index (χ3v) is 3.46. The van der Waals surface area contributed by atoms with Crippen molar-refractivity contribution in [3.8, 4) is 0 Å². The van der Waals surface area contributed by atoms with Crippen LogP contribution in [-0.2, 0) is 5.60 Å². The average Bonchev–Trinajstić information content (AvgIpc) is 2.91. The third-order valence-electron chi connectivity index (χ3n) is 2.77. The Morgan fingerprint density at radius 3 is 2.67 bits per heavy atom. The van der Waals surface area contributed by atoms with Crippen LogP contribution in [0.1, 0.15) is 22.8 Å². The number of thiophene rings is 1. The molecule has 94 valence electrons. The molecule has 18 heavy (non-hydrogen) atoms. The Labute approximate surface area is 110 Å². The van der Waals surface area contributed by atoms with Crippen LogP contribution in [0.4, 0.5) is 0 Å². The van der Waals surface area contributed by atoms with Crippen LogP contribution in [0.2, 0.25) is 0 Å². The number of amides is 1. The summed E-state index contributed by atoms with van der Waals surface area (Å²) >= 11 is 1.47. The van der Waals surface area contributed by atoms with E-state index >= 15 is 0 Å². The second-order valence-corrected chi connectivity index (χ2v) is 5.11. The van der Waals surface area contributed by atoms with E-state index in [-0.39, 0.29) is 12.5 Å². The molecule has 1 aromatic carbocycles. The molecule has 0 fully saturated rings. The number of benzene rings is 1. The van der Waals surface area contributed by atoms with Crippen molar-refractivity contribution >= 4 is 17.2 Å². The molecule has 2 rings (SSSR count). The van der Waals surface area contributed by atoms with Gasteiger partial charge in [-0.25, -0.2) is 0 Å². The molecule has 0 saturated heterocycles. The molecule has 0 aliphatic carbocycles. The zero-order valence-electron chi connectivity index (χ0n) is 10.1. The van der Waals surface area contributed by atoms with Crippen molar-refractivity contribution in [1.29, 1.82) is 0 Å². The first-order chi connectivity index (χ1) is 8.59. The summed E-state index contributed by atoms with van der Waals surface area (Å²) in [7, 11) is 0. The molecule has 3 nitrogen and oxygen atoms in total. The smallest absolute Gasteiger partial charge is 0.252 e. The van der Waals surface area contributed by atoms with Crippen LogP contribution in [-0.4, -0.2) is 17.6 Å². The van der Waals surface area contributed by atoms with Crippen molar-refractivity contribution in [3.63, 3.8) is 0 Å². The molecule has 1 amide bonds. The van der Waals surface area contributed by atoms with Crippen LogP contribution in [0.25, 0.3) is 0 Å². The van der Waals surface area contributed by atoms with Gasteiger partial charge in [-0.3, -0.25) is 4.79 Å². The highest BCUT2D eigenvalue weighted by Crippen LogP contribution is 2.19. The number of nitrogens with one attached hydrogen (secondary N) is 1. The Morgan fingerprint density at radius 1 is 1.33 bits per heavy atom. The Kier molecular flexibility index (Phi) is 3.79. The van der Waals surface area contributed by atoms with Crippen molar-refractivity contribution in [1.82, 2.24) is 5.32 Å². The van der Waals surface area contributed by atoms with E-state index in [0.29, 0.717) is 5.56 Å². The van der Waals surface area contributed by atoms with Crippen LogP contribution in [0, 0.1) is 0 Å². The van der Waals surface area contributed by atoms with Crippen molar-refractivity contribution < 1.29 is 9.90 Å². The zero-order valence-corrected chi connectivity index (χ0v) is 10.9. The lowest BCUT2D eigenvalue weighted by Crippen LogP contribution is -2.38. The molecule has 1 heterocycles. The van der Waals surface area contributed by atoms with Crippen LogP contribution in [0.15, 0.2) is 47.2 Å². The molecule has 2 N–H and O–H groups in total. The Morgan fingerprint density at radius 2 is 2.06 bits per heavy atom. The molecule has 1 aromatic heterocycles. The largest absolute Gasteiger partial charge is 0.384 e. The predicted molar refractivity (Wildman–Crippen MR) is 72.7 cm³/mol. The Bertz CT molecular complexity index is 506. The lowest BCUT2D eigenvalue weighted by Gasteiger charge is -2.24. The van der Waals surface area contributed by atoms with Crippen LogP contribution in [0.5, 0.6) is 0 Å². The molecule has 0 aliphatic heterocycles. The summed E-state index contributed by atoms with van der Waals surface area (Å²) in [6.45, 7) is 1.88. The predicted octanol–water partition coefficient (Wildman–Crippen LogP) is 2.39. The normalized spacial score (nSPS) is 13.9. The summed E-state index contributed by atoms with van der Waals surface area (Å²) < 4.78 is 0. The molecule has 1 atom stereocenters. The van der Waals surface area contributed by atoms with E-state index in [4.69, 9.17) is 0 Å². The van der Waals surface area contributed by atoms with Gasteiger partial charge >= 0.3 is 0 Å². The van der Waals surface area contributed by atoms with Gasteiger partial charge in [0.2, 0.25) is 0 Å². The van der Waals surface area contributed by atoms with Gasteiger partial charge in [0.25, 0.3) is 5.91 Å². The summed E-state index contributed by atoms with van der Waals surface area (Å²) in [5, 5.41) is 16.7. The minimum atomic E-state index is -1.06. The molecule has 0 radical (unpaired) electrons. The molecular weight excluding hydrogens is 246 g/mol. The van der Waals surface area contributed by atoms with E-state index in [2.05, 4.69) is 5.32 Å². The summed E-state index contributed by atoms with van der Waals surface area (Å²) in [5.41, 5.74) is 0.354. The van der Waals surface area contributed by atoms with Gasteiger partial charge in [-0.15, -0.1) is 0 Å². The monoisotopic (exact) mass is 261 g/mol. The number of carbonyl (C=O) groups is 1. The van der Waals surface area contributed by atoms with Crippen LogP contribution >= 0.6 is 11.3 Å². The van der Waals surface area contributed by atoms with E-state index in [1.165, 1.54) is 11.3 Å². The van der Waals surface area contributed by atoms with E-state index in [0.717, 1.165) is 5.56 Å². The van der Waals surface area contributed by atoms with E-state index < -0.39 is 5.60 Å². The van der Waals surface area contributed by atoms with Gasteiger partial charge < -0.3 is 10.4 Å². The van der Waals surface area contributed by atoms with Gasteiger partial charge in [0, 0.05) is 10.9 Å². The van der Waals surface area contributed by atoms with Gasteiger partial charge in [0.05, 0.1) is 6.54 Å². The Hall–Kier alpha value is -1.65. The highest BCUT2D eigenvalue weighted by Gasteiger charge is 2.23. The maximum atomic E-state index is 11.8. The third kappa shape index (κ3) is 2.97. The number of carbonyl (C=O) groups excluding carboxylic acids is 1. The number of hydrogen-bond donors (Lipinski definition) is 2. The van der Waals surface area contributed by atoms with Crippen molar-refractivity contribution in [3.05, 3.63) is 58.3 Å². The van der Waals surface area contributed by atoms with Gasteiger partial charge in [-0.1, -0.05) is 30.3 Å². The SMILES string of the molecule is CC(O)(CNC(=O)c1ccsc1)c1ccccc1. The molecule has 1 unspecified atom stereocenters. The van der Waals surface area contributed by atoms with Crippen LogP contribution < -0.4 is 5.32 Å². The zero-order chi connectivity index (χ0) is 13.0. The molecule has 2 aromatic rings. The number of hydrogen-bond acceptors (Lipinski definition) is 3. The van der Waals surface area contributed by atoms with Gasteiger partial charge in [0.1, 0.15) is 5.60 Å². The first-order valence-electron chi connectivity index (χ1n) is 5.68. The highest BCUT2D eigenvalue weighted by atomic mass is 32.1. The maximum absolute atomic E-state index is 11.8. The second-order valence-electron chi connectivity index (χ2n) is 4.33. The topological polar surface area (TPSA) is 49.3 Å². The van der Waals surface area contributed by atoms with Crippen LogP contribution in [0.3, 0.4) is 0 Å². The van der Waals surface area contributed by atoms with Crippen molar-refractivity contribution in [2.75, 3.05) is 6.54 Å². The fraction of sp³-hybridized carbons (Fsp3) is 0.214. The fourth-order valence-electron chi connectivity index (χ4n) is 1.65. The minimum absolute atomic E-state index is 0.160. The number of aliphatic hydroxyl groups is 1. The maximum Gasteiger partial charge on any atom is 0.252 e. The number of rotatable bonds is 4. The minimum Gasteiger partial charge on any atom is -0.384 e. The molecule has 0 saturated carbocycles. The fourth-order valence-corrected chi connectivity index (χ4v) is 2.28. The summed E-state index contributed by atoms with van der Waals surface area (Å²) in [6.07, 6.45) is 0. The lowest BCUT2D eigenvalue weighted by molar-refractivity contribution is 0.0526. The summed E-state index contributed by atoms with van der Waals surface area (Å²) in [5.74, 6) is -0.160. The lowest BCUT2D eigenvalue weighted by atomic mass is 9.96. The first kappa shape index (κ1) is 12.8. The van der Waals surface area contributed by atoms with Gasteiger partial charge in [0.15, 0.2) is 0 Å². The van der Waals surface area contributed by atoms with Gasteiger partial charge in [-0.05, 0) is 23.9 Å². The average molecular weight is 261 g/mol. The first-order valence-corrected chi connectivity index (χ1v) is 6.62. The summed E-state index contributed by atoms with van der Waals surface area (Å²) in [4.78, 5) is 11.8. The standard InChI is InChI=1S/C14H15NO2S/c1-14(17,12-5-3-2-4-6-12)10-15-13(16)11-7-8-18-9-11/h2-9,17H,10H2,1H3,(H,15,16). The molecular formula is C14H15NO2S. The van der Waals surface area contributed by atoms with E-state index in [9.17, 15) is 9.90 Å². The second kappa shape index (κ2) is 5.33.